The lowest BCUT2D eigenvalue weighted by molar-refractivity contribution is -0.131. The first-order chi connectivity index (χ1) is 9.02. The zero-order valence-corrected chi connectivity index (χ0v) is 11.0. The van der Waals surface area contributed by atoms with E-state index >= 15 is 0 Å². The van der Waals surface area contributed by atoms with Crippen molar-refractivity contribution in [3.05, 3.63) is 35.9 Å². The zero-order valence-electron chi connectivity index (χ0n) is 11.0. The summed E-state index contributed by atoms with van der Waals surface area (Å²) in [6.45, 7) is 1.87. The number of carbonyl (C=O) groups is 1. The topological polar surface area (TPSA) is 61.1 Å². The van der Waals surface area contributed by atoms with Gasteiger partial charge < -0.3 is 5.11 Å². The summed E-state index contributed by atoms with van der Waals surface area (Å²) in [4.78, 5) is 12.3. The van der Waals surface area contributed by atoms with E-state index in [1.165, 1.54) is 0 Å². The Morgan fingerprint density at radius 1 is 1.37 bits per heavy atom. The van der Waals surface area contributed by atoms with Crippen molar-refractivity contribution in [2.75, 3.05) is 0 Å². The molecule has 1 aromatic carbocycles. The molecular formula is C16H17NO2. The average Bonchev–Trinajstić information content (AvgIpc) is 2.70. The third-order valence-electron chi connectivity index (χ3n) is 4.89. The van der Waals surface area contributed by atoms with Crippen LogP contribution in [0.4, 0.5) is 0 Å². The first-order valence-corrected chi connectivity index (χ1v) is 6.75. The normalized spacial score (nSPS) is 41.0. The molecular weight excluding hydrogens is 238 g/mol. The first kappa shape index (κ1) is 12.4. The Morgan fingerprint density at radius 2 is 2.05 bits per heavy atom. The average molecular weight is 255 g/mol. The van der Waals surface area contributed by atoms with E-state index in [1.54, 1.807) is 0 Å². The van der Waals surface area contributed by atoms with Crippen LogP contribution in [0.3, 0.4) is 0 Å². The van der Waals surface area contributed by atoms with Gasteiger partial charge in [-0.3, -0.25) is 4.79 Å². The summed E-state index contributed by atoms with van der Waals surface area (Å²) in [7, 11) is 0. The first-order valence-electron chi connectivity index (χ1n) is 6.75. The molecule has 0 heterocycles. The Balaban J connectivity index is 2.08. The van der Waals surface area contributed by atoms with Crippen LogP contribution in [0.25, 0.3) is 0 Å². The van der Waals surface area contributed by atoms with E-state index in [4.69, 9.17) is 0 Å². The van der Waals surface area contributed by atoms with Crippen LogP contribution in [0.2, 0.25) is 0 Å². The van der Waals surface area contributed by atoms with Gasteiger partial charge in [0.1, 0.15) is 5.41 Å². The highest BCUT2D eigenvalue weighted by Crippen LogP contribution is 2.59. The molecule has 0 spiro atoms. The molecule has 1 N–H and O–H groups in total. The van der Waals surface area contributed by atoms with Crippen LogP contribution >= 0.6 is 0 Å². The Kier molecular flexibility index (Phi) is 2.55. The van der Waals surface area contributed by atoms with Gasteiger partial charge in [0.15, 0.2) is 5.78 Å². The van der Waals surface area contributed by atoms with E-state index in [0.717, 1.165) is 5.56 Å². The molecule has 3 heteroatoms. The van der Waals surface area contributed by atoms with Gasteiger partial charge in [-0.25, -0.2) is 0 Å². The SMILES string of the molecule is CC1CC2CC(C#N)(CC2(O)c2ccccc2)C1=O. The zero-order chi connectivity index (χ0) is 13.7. The van der Waals surface area contributed by atoms with Crippen molar-refractivity contribution in [2.24, 2.45) is 17.3 Å². The predicted molar refractivity (Wildman–Crippen MR) is 69.9 cm³/mol. The molecule has 2 fully saturated rings. The molecule has 2 bridgehead atoms. The van der Waals surface area contributed by atoms with E-state index in [-0.39, 0.29) is 24.0 Å². The van der Waals surface area contributed by atoms with Crippen molar-refractivity contribution >= 4 is 5.78 Å². The van der Waals surface area contributed by atoms with Gasteiger partial charge in [0.2, 0.25) is 0 Å². The van der Waals surface area contributed by atoms with E-state index in [0.29, 0.717) is 12.8 Å². The molecule has 98 valence electrons. The third kappa shape index (κ3) is 1.56. The molecule has 0 amide bonds. The minimum Gasteiger partial charge on any atom is -0.385 e. The fourth-order valence-electron chi connectivity index (χ4n) is 3.94. The number of ketones is 1. The number of carbonyl (C=O) groups excluding carboxylic acids is 1. The third-order valence-corrected chi connectivity index (χ3v) is 4.89. The lowest BCUT2D eigenvalue weighted by atomic mass is 9.71. The molecule has 2 aliphatic rings. The summed E-state index contributed by atoms with van der Waals surface area (Å²) in [6, 6.07) is 11.7. The van der Waals surface area contributed by atoms with Crippen LogP contribution in [0.5, 0.6) is 0 Å². The summed E-state index contributed by atoms with van der Waals surface area (Å²) in [5.74, 6) is -0.114. The van der Waals surface area contributed by atoms with Gasteiger partial charge in [0, 0.05) is 12.3 Å². The Bertz CT molecular complexity index is 562. The number of hydrogen-bond acceptors (Lipinski definition) is 3. The number of nitrogens with zero attached hydrogens (tertiary/aromatic N) is 1. The highest BCUT2D eigenvalue weighted by molar-refractivity contribution is 5.91. The van der Waals surface area contributed by atoms with Crippen molar-refractivity contribution in [1.82, 2.24) is 0 Å². The van der Waals surface area contributed by atoms with Gasteiger partial charge in [-0.05, 0) is 24.3 Å². The summed E-state index contributed by atoms with van der Waals surface area (Å²) in [5, 5.41) is 20.5. The number of benzene rings is 1. The number of nitriles is 1. The van der Waals surface area contributed by atoms with Gasteiger partial charge in [-0.15, -0.1) is 0 Å². The minimum atomic E-state index is -1.03. The second kappa shape index (κ2) is 3.91. The maximum atomic E-state index is 12.3. The largest absolute Gasteiger partial charge is 0.385 e. The van der Waals surface area contributed by atoms with Gasteiger partial charge >= 0.3 is 0 Å². The summed E-state index contributed by atoms with van der Waals surface area (Å²) in [5.41, 5.74) is -1.18. The summed E-state index contributed by atoms with van der Waals surface area (Å²) in [6.07, 6.45) is 1.42. The second-order valence-electron chi connectivity index (χ2n) is 6.06. The number of fused-ring (bicyclic) bond motifs is 2. The van der Waals surface area contributed by atoms with E-state index in [9.17, 15) is 15.2 Å². The summed E-state index contributed by atoms with van der Waals surface area (Å²) >= 11 is 0. The van der Waals surface area contributed by atoms with Gasteiger partial charge in [-0.2, -0.15) is 5.26 Å². The highest BCUT2D eigenvalue weighted by atomic mass is 16.3. The Labute approximate surface area is 112 Å². The van der Waals surface area contributed by atoms with Crippen LogP contribution in [0.15, 0.2) is 30.3 Å². The van der Waals surface area contributed by atoms with Crippen LogP contribution in [0.1, 0.15) is 31.7 Å². The molecule has 0 aromatic heterocycles. The summed E-state index contributed by atoms with van der Waals surface area (Å²) < 4.78 is 0. The number of rotatable bonds is 1. The fraction of sp³-hybridized carbons (Fsp3) is 0.500. The van der Waals surface area contributed by atoms with E-state index in [1.807, 2.05) is 37.3 Å². The molecule has 3 rings (SSSR count). The van der Waals surface area contributed by atoms with Crippen LogP contribution in [-0.4, -0.2) is 10.9 Å². The van der Waals surface area contributed by atoms with Crippen molar-refractivity contribution in [2.45, 2.75) is 31.8 Å². The number of hydrogen-bond donors (Lipinski definition) is 1. The van der Waals surface area contributed by atoms with Crippen molar-refractivity contribution < 1.29 is 9.90 Å². The van der Waals surface area contributed by atoms with Gasteiger partial charge in [0.05, 0.1) is 11.7 Å². The molecule has 1 aromatic rings. The molecule has 2 saturated carbocycles. The molecule has 4 atom stereocenters. The van der Waals surface area contributed by atoms with Gasteiger partial charge in [0.25, 0.3) is 0 Å². The van der Waals surface area contributed by atoms with Crippen molar-refractivity contribution in [3.8, 4) is 6.07 Å². The molecule has 0 saturated heterocycles. The monoisotopic (exact) mass is 255 g/mol. The van der Waals surface area contributed by atoms with Gasteiger partial charge in [-0.1, -0.05) is 37.3 Å². The minimum absolute atomic E-state index is 0.00208. The smallest absolute Gasteiger partial charge is 0.156 e. The van der Waals surface area contributed by atoms with E-state index < -0.39 is 11.0 Å². The molecule has 3 nitrogen and oxygen atoms in total. The fourth-order valence-corrected chi connectivity index (χ4v) is 3.94. The van der Waals surface area contributed by atoms with Crippen LogP contribution in [-0.2, 0) is 10.4 Å². The highest BCUT2D eigenvalue weighted by Gasteiger charge is 2.62. The van der Waals surface area contributed by atoms with Crippen molar-refractivity contribution in [1.29, 1.82) is 5.26 Å². The molecule has 4 unspecified atom stereocenters. The maximum absolute atomic E-state index is 12.3. The molecule has 2 aliphatic carbocycles. The number of Topliss-reactive ketones (excluding diaryl/α,β-unsaturated/α-hetero) is 1. The van der Waals surface area contributed by atoms with Crippen LogP contribution in [0, 0.1) is 28.6 Å². The van der Waals surface area contributed by atoms with E-state index in [2.05, 4.69) is 6.07 Å². The number of aliphatic hydroxyl groups is 1. The molecule has 0 aliphatic heterocycles. The van der Waals surface area contributed by atoms with Crippen LogP contribution < -0.4 is 0 Å². The molecule has 19 heavy (non-hydrogen) atoms. The maximum Gasteiger partial charge on any atom is 0.156 e. The predicted octanol–water partition coefficient (Wildman–Crippen LogP) is 2.40. The standard InChI is InChI=1S/C16H17NO2/c1-11-7-13-8-15(10-17,14(11)18)9-16(13,19)12-5-3-2-4-6-12/h2-6,11,13,19H,7-9H2,1H3. The lowest BCUT2D eigenvalue weighted by Crippen LogP contribution is -2.36. The Hall–Kier alpha value is -1.66. The Morgan fingerprint density at radius 3 is 2.68 bits per heavy atom. The molecule has 0 radical (unpaired) electrons. The second-order valence-corrected chi connectivity index (χ2v) is 6.06. The quantitative estimate of drug-likeness (QED) is 0.838. The lowest BCUT2D eigenvalue weighted by Gasteiger charge is -2.32. The van der Waals surface area contributed by atoms with Crippen molar-refractivity contribution in [3.63, 3.8) is 0 Å².